The Bertz CT molecular complexity index is 367. The number of rotatable bonds is 3. The zero-order valence-electron chi connectivity index (χ0n) is 8.75. The molecule has 1 aromatic rings. The SMILES string of the molecule is CC(C)c1ccc(C(C=NO)=NO)cc1. The number of oxime groups is 2. The van der Waals surface area contributed by atoms with Crippen molar-refractivity contribution >= 4 is 11.9 Å². The van der Waals surface area contributed by atoms with Crippen molar-refractivity contribution in [3.8, 4) is 0 Å². The van der Waals surface area contributed by atoms with E-state index < -0.39 is 0 Å². The average molecular weight is 206 g/mol. The van der Waals surface area contributed by atoms with Crippen molar-refractivity contribution in [2.75, 3.05) is 0 Å². The molecule has 0 saturated heterocycles. The van der Waals surface area contributed by atoms with E-state index in [1.807, 2.05) is 24.3 Å². The van der Waals surface area contributed by atoms with E-state index in [2.05, 4.69) is 24.2 Å². The monoisotopic (exact) mass is 206 g/mol. The Hall–Kier alpha value is -1.84. The van der Waals surface area contributed by atoms with Gasteiger partial charge >= 0.3 is 0 Å². The molecule has 0 aromatic heterocycles. The lowest BCUT2D eigenvalue weighted by atomic mass is 10.0. The van der Waals surface area contributed by atoms with Gasteiger partial charge in [-0.15, -0.1) is 0 Å². The van der Waals surface area contributed by atoms with E-state index in [4.69, 9.17) is 10.4 Å². The smallest absolute Gasteiger partial charge is 0.131 e. The lowest BCUT2D eigenvalue weighted by Crippen LogP contribution is -2.02. The summed E-state index contributed by atoms with van der Waals surface area (Å²) in [6.45, 7) is 4.20. The Morgan fingerprint density at radius 2 is 1.80 bits per heavy atom. The summed E-state index contributed by atoms with van der Waals surface area (Å²) in [7, 11) is 0. The van der Waals surface area contributed by atoms with Gasteiger partial charge in [0.05, 0.1) is 6.21 Å². The number of nitrogens with zero attached hydrogens (tertiary/aromatic N) is 2. The molecule has 0 saturated carbocycles. The fraction of sp³-hybridized carbons (Fsp3) is 0.273. The molecule has 0 unspecified atom stereocenters. The fourth-order valence-electron chi connectivity index (χ4n) is 1.25. The van der Waals surface area contributed by atoms with Crippen molar-refractivity contribution in [3.05, 3.63) is 35.4 Å². The minimum atomic E-state index is 0.229. The minimum Gasteiger partial charge on any atom is -0.411 e. The van der Waals surface area contributed by atoms with Crippen LogP contribution < -0.4 is 0 Å². The molecule has 0 bridgehead atoms. The molecule has 0 fully saturated rings. The van der Waals surface area contributed by atoms with Crippen LogP contribution in [-0.4, -0.2) is 22.3 Å². The van der Waals surface area contributed by atoms with E-state index in [1.54, 1.807) is 0 Å². The minimum absolute atomic E-state index is 0.229. The van der Waals surface area contributed by atoms with Gasteiger partial charge in [0.25, 0.3) is 0 Å². The van der Waals surface area contributed by atoms with Crippen LogP contribution in [0.15, 0.2) is 34.6 Å². The van der Waals surface area contributed by atoms with Gasteiger partial charge in [0.1, 0.15) is 5.71 Å². The Morgan fingerprint density at radius 3 is 2.20 bits per heavy atom. The van der Waals surface area contributed by atoms with E-state index >= 15 is 0 Å². The van der Waals surface area contributed by atoms with Crippen LogP contribution in [-0.2, 0) is 0 Å². The summed E-state index contributed by atoms with van der Waals surface area (Å²) in [5, 5.41) is 22.9. The maximum atomic E-state index is 8.67. The summed E-state index contributed by atoms with van der Waals surface area (Å²) in [5.41, 5.74) is 2.14. The first-order valence-corrected chi connectivity index (χ1v) is 4.69. The Balaban J connectivity index is 2.97. The van der Waals surface area contributed by atoms with Gasteiger partial charge in [-0.25, -0.2) is 0 Å². The normalized spacial score (nSPS) is 12.6. The summed E-state index contributed by atoms with van der Waals surface area (Å²) in [5.74, 6) is 0.458. The predicted molar refractivity (Wildman–Crippen MR) is 59.1 cm³/mol. The predicted octanol–water partition coefficient (Wildman–Crippen LogP) is 2.45. The van der Waals surface area contributed by atoms with Crippen LogP contribution >= 0.6 is 0 Å². The maximum absolute atomic E-state index is 8.67. The second-order valence-corrected chi connectivity index (χ2v) is 3.51. The third kappa shape index (κ3) is 2.80. The highest BCUT2D eigenvalue weighted by Gasteiger charge is 2.03. The Kier molecular flexibility index (Phi) is 3.85. The molecule has 4 nitrogen and oxygen atoms in total. The summed E-state index contributed by atoms with van der Waals surface area (Å²) in [6.07, 6.45) is 1.09. The quantitative estimate of drug-likeness (QED) is 0.453. The molecular weight excluding hydrogens is 192 g/mol. The van der Waals surface area contributed by atoms with Gasteiger partial charge in [0.15, 0.2) is 0 Å². The van der Waals surface area contributed by atoms with Gasteiger partial charge in [0.2, 0.25) is 0 Å². The second kappa shape index (κ2) is 5.14. The molecule has 0 atom stereocenters. The highest BCUT2D eigenvalue weighted by molar-refractivity contribution is 6.37. The van der Waals surface area contributed by atoms with Crippen molar-refractivity contribution in [1.29, 1.82) is 0 Å². The van der Waals surface area contributed by atoms with E-state index in [0.717, 1.165) is 6.21 Å². The van der Waals surface area contributed by atoms with Crippen molar-refractivity contribution in [3.63, 3.8) is 0 Å². The first-order valence-electron chi connectivity index (χ1n) is 4.69. The molecule has 0 radical (unpaired) electrons. The molecule has 2 N–H and O–H groups in total. The molecule has 15 heavy (non-hydrogen) atoms. The summed E-state index contributed by atoms with van der Waals surface area (Å²) < 4.78 is 0. The van der Waals surface area contributed by atoms with Crippen molar-refractivity contribution in [2.45, 2.75) is 19.8 Å². The van der Waals surface area contributed by atoms with Crippen LogP contribution in [0.5, 0.6) is 0 Å². The summed E-state index contributed by atoms with van der Waals surface area (Å²) in [6, 6.07) is 7.56. The van der Waals surface area contributed by atoms with Gasteiger partial charge in [-0.05, 0) is 11.5 Å². The summed E-state index contributed by atoms with van der Waals surface area (Å²) >= 11 is 0. The molecule has 80 valence electrons. The van der Waals surface area contributed by atoms with Crippen molar-refractivity contribution < 1.29 is 10.4 Å². The van der Waals surface area contributed by atoms with E-state index in [1.165, 1.54) is 5.56 Å². The first-order chi connectivity index (χ1) is 7.19. The van der Waals surface area contributed by atoms with Crippen LogP contribution in [0.3, 0.4) is 0 Å². The highest BCUT2D eigenvalue weighted by Crippen LogP contribution is 2.14. The molecule has 0 aliphatic rings. The van der Waals surface area contributed by atoms with Crippen molar-refractivity contribution in [2.24, 2.45) is 10.3 Å². The van der Waals surface area contributed by atoms with Gasteiger partial charge in [-0.2, -0.15) is 0 Å². The third-order valence-corrected chi connectivity index (χ3v) is 2.16. The second-order valence-electron chi connectivity index (χ2n) is 3.51. The third-order valence-electron chi connectivity index (χ3n) is 2.16. The standard InChI is InChI=1S/C11H14N2O2/c1-8(2)9-3-5-10(6-4-9)11(13-15)7-12-14/h3-8,14-15H,1-2H3. The average Bonchev–Trinajstić information content (AvgIpc) is 2.26. The topological polar surface area (TPSA) is 65.2 Å². The number of benzene rings is 1. The molecule has 4 heteroatoms. The van der Waals surface area contributed by atoms with E-state index in [0.29, 0.717) is 11.5 Å². The molecule has 0 aliphatic heterocycles. The van der Waals surface area contributed by atoms with Crippen LogP contribution in [0, 0.1) is 0 Å². The maximum Gasteiger partial charge on any atom is 0.131 e. The molecule has 1 rings (SSSR count). The van der Waals surface area contributed by atoms with Crippen LogP contribution in [0.4, 0.5) is 0 Å². The fourth-order valence-corrected chi connectivity index (χ4v) is 1.25. The lowest BCUT2D eigenvalue weighted by molar-refractivity contribution is 0.316. The highest BCUT2D eigenvalue weighted by atomic mass is 16.4. The lowest BCUT2D eigenvalue weighted by Gasteiger charge is -2.05. The molecule has 0 amide bonds. The zero-order chi connectivity index (χ0) is 11.3. The number of hydrogen-bond donors (Lipinski definition) is 2. The Labute approximate surface area is 88.5 Å². The molecule has 0 spiro atoms. The summed E-state index contributed by atoms with van der Waals surface area (Å²) in [4.78, 5) is 0. The van der Waals surface area contributed by atoms with Crippen LogP contribution in [0.25, 0.3) is 0 Å². The zero-order valence-corrected chi connectivity index (χ0v) is 8.75. The largest absolute Gasteiger partial charge is 0.411 e. The number of hydrogen-bond acceptors (Lipinski definition) is 4. The van der Waals surface area contributed by atoms with Crippen molar-refractivity contribution in [1.82, 2.24) is 0 Å². The van der Waals surface area contributed by atoms with Crippen LogP contribution in [0.1, 0.15) is 30.9 Å². The molecular formula is C11H14N2O2. The Morgan fingerprint density at radius 1 is 1.20 bits per heavy atom. The molecule has 0 heterocycles. The van der Waals surface area contributed by atoms with E-state index in [-0.39, 0.29) is 5.71 Å². The first kappa shape index (κ1) is 11.2. The van der Waals surface area contributed by atoms with Gasteiger partial charge in [-0.1, -0.05) is 48.4 Å². The van der Waals surface area contributed by atoms with Gasteiger partial charge in [0, 0.05) is 5.56 Å². The van der Waals surface area contributed by atoms with Gasteiger partial charge in [-0.3, -0.25) is 0 Å². The van der Waals surface area contributed by atoms with E-state index in [9.17, 15) is 0 Å². The van der Waals surface area contributed by atoms with Crippen LogP contribution in [0.2, 0.25) is 0 Å². The molecule has 1 aromatic carbocycles. The molecule has 0 aliphatic carbocycles. The van der Waals surface area contributed by atoms with Gasteiger partial charge < -0.3 is 10.4 Å².